The maximum Gasteiger partial charge on any atom is 0.323 e. The summed E-state index contributed by atoms with van der Waals surface area (Å²) >= 11 is 0. The van der Waals surface area contributed by atoms with E-state index >= 15 is 0 Å². The lowest BCUT2D eigenvalue weighted by Crippen LogP contribution is -2.51. The summed E-state index contributed by atoms with van der Waals surface area (Å²) in [7, 11) is 1.44. The molecule has 0 bridgehead atoms. The average Bonchev–Trinajstić information content (AvgIpc) is 3.06. The molecule has 0 amide bonds. The Morgan fingerprint density at radius 2 is 2.10 bits per heavy atom. The number of rotatable bonds is 1. The molecule has 0 saturated carbocycles. The lowest BCUT2D eigenvalue weighted by atomic mass is 9.96. The summed E-state index contributed by atoms with van der Waals surface area (Å²) in [5.74, 6) is 0.646. The van der Waals surface area contributed by atoms with E-state index in [1.165, 1.54) is 12.7 Å². The standard InChI is InChI=1S/C16H19N3O2/c1-16(2)15(17)18-11-7-5-4-6-9(11)10-8-12(14(20)21-3)19(16)13(10)18/h4-7,10,12-13,17H,8H2,1-3H3/t10-,12-,13-/m0/s1. The Bertz CT molecular complexity index is 655. The quantitative estimate of drug-likeness (QED) is 0.801. The molecule has 21 heavy (non-hydrogen) atoms. The van der Waals surface area contributed by atoms with Crippen LogP contribution < -0.4 is 4.90 Å². The van der Waals surface area contributed by atoms with Crippen LogP contribution in [0.25, 0.3) is 0 Å². The van der Waals surface area contributed by atoms with Crippen molar-refractivity contribution in [1.29, 1.82) is 5.41 Å². The predicted octanol–water partition coefficient (Wildman–Crippen LogP) is 1.93. The van der Waals surface area contributed by atoms with Gasteiger partial charge in [0.25, 0.3) is 0 Å². The van der Waals surface area contributed by atoms with Crippen LogP contribution in [0.2, 0.25) is 0 Å². The number of nitrogens with zero attached hydrogens (tertiary/aromatic N) is 2. The van der Waals surface area contributed by atoms with Gasteiger partial charge in [0, 0.05) is 11.6 Å². The highest BCUT2D eigenvalue weighted by Gasteiger charge is 2.64. The van der Waals surface area contributed by atoms with E-state index in [0.29, 0.717) is 5.84 Å². The summed E-state index contributed by atoms with van der Waals surface area (Å²) in [4.78, 5) is 16.5. The number of hydrogen-bond acceptors (Lipinski definition) is 4. The number of fused-ring (bicyclic) bond motifs is 3. The first kappa shape index (κ1) is 12.8. The summed E-state index contributed by atoms with van der Waals surface area (Å²) in [6.45, 7) is 4.04. The SMILES string of the molecule is COC(=O)[C@@H]1C[C@H]2c3ccccc3N3C(=N)C(C)(C)N1[C@@H]23. The molecule has 2 fully saturated rings. The molecule has 3 aliphatic rings. The first-order valence-corrected chi connectivity index (χ1v) is 7.32. The Morgan fingerprint density at radius 3 is 2.81 bits per heavy atom. The van der Waals surface area contributed by atoms with Gasteiger partial charge in [-0.25, -0.2) is 0 Å². The Balaban J connectivity index is 1.89. The van der Waals surface area contributed by atoms with Gasteiger partial charge >= 0.3 is 5.97 Å². The van der Waals surface area contributed by atoms with Gasteiger partial charge in [-0.1, -0.05) is 18.2 Å². The fourth-order valence-electron chi connectivity index (χ4n) is 4.34. The molecule has 3 atom stereocenters. The minimum absolute atomic E-state index is 0.0778. The van der Waals surface area contributed by atoms with Gasteiger partial charge in [-0.05, 0) is 31.9 Å². The molecule has 0 aliphatic carbocycles. The summed E-state index contributed by atoms with van der Waals surface area (Å²) in [6.07, 6.45) is 0.843. The van der Waals surface area contributed by atoms with Crippen LogP contribution in [-0.4, -0.2) is 41.6 Å². The maximum absolute atomic E-state index is 12.2. The van der Waals surface area contributed by atoms with Gasteiger partial charge in [0.1, 0.15) is 11.9 Å². The minimum atomic E-state index is -0.453. The molecule has 4 rings (SSSR count). The van der Waals surface area contributed by atoms with Crippen molar-refractivity contribution in [2.24, 2.45) is 0 Å². The minimum Gasteiger partial charge on any atom is -0.468 e. The highest BCUT2D eigenvalue weighted by Crippen LogP contribution is 2.56. The van der Waals surface area contributed by atoms with Crippen molar-refractivity contribution >= 4 is 17.5 Å². The third-order valence-corrected chi connectivity index (χ3v) is 5.26. The van der Waals surface area contributed by atoms with E-state index in [1.807, 2.05) is 26.0 Å². The fourth-order valence-corrected chi connectivity index (χ4v) is 4.34. The zero-order chi connectivity index (χ0) is 14.9. The maximum atomic E-state index is 12.2. The van der Waals surface area contributed by atoms with Crippen LogP contribution in [-0.2, 0) is 9.53 Å². The van der Waals surface area contributed by atoms with Crippen LogP contribution in [0.15, 0.2) is 24.3 Å². The molecule has 3 heterocycles. The molecule has 1 aromatic carbocycles. The molecular weight excluding hydrogens is 266 g/mol. The van der Waals surface area contributed by atoms with Gasteiger partial charge in [-0.15, -0.1) is 0 Å². The predicted molar refractivity (Wildman–Crippen MR) is 79.5 cm³/mol. The normalized spacial score (nSPS) is 32.2. The Hall–Kier alpha value is -1.88. The molecule has 1 aromatic rings. The Kier molecular flexibility index (Phi) is 2.35. The molecular formula is C16H19N3O2. The fraction of sp³-hybridized carbons (Fsp3) is 0.500. The first-order valence-electron chi connectivity index (χ1n) is 7.32. The summed E-state index contributed by atoms with van der Waals surface area (Å²) in [5, 5.41) is 8.58. The van der Waals surface area contributed by atoms with Crippen molar-refractivity contribution in [1.82, 2.24) is 4.90 Å². The molecule has 1 N–H and O–H groups in total. The van der Waals surface area contributed by atoms with Crippen LogP contribution in [0.3, 0.4) is 0 Å². The van der Waals surface area contributed by atoms with E-state index in [-0.39, 0.29) is 24.1 Å². The lowest BCUT2D eigenvalue weighted by molar-refractivity contribution is -0.147. The van der Waals surface area contributed by atoms with Crippen molar-refractivity contribution in [3.63, 3.8) is 0 Å². The molecule has 0 aromatic heterocycles. The van der Waals surface area contributed by atoms with Crippen molar-refractivity contribution in [2.75, 3.05) is 12.0 Å². The lowest BCUT2D eigenvalue weighted by Gasteiger charge is -2.32. The second-order valence-corrected chi connectivity index (χ2v) is 6.54. The van der Waals surface area contributed by atoms with Gasteiger partial charge in [0.2, 0.25) is 0 Å². The van der Waals surface area contributed by atoms with Gasteiger partial charge < -0.3 is 9.64 Å². The van der Waals surface area contributed by atoms with E-state index in [0.717, 1.165) is 12.1 Å². The third kappa shape index (κ3) is 1.35. The second-order valence-electron chi connectivity index (χ2n) is 6.54. The number of ether oxygens (including phenoxy) is 1. The second kappa shape index (κ2) is 3.85. The molecule has 110 valence electrons. The number of nitrogens with one attached hydrogen (secondary N) is 1. The first-order chi connectivity index (χ1) is 9.98. The number of methoxy groups -OCH3 is 1. The Labute approximate surface area is 124 Å². The Morgan fingerprint density at radius 1 is 1.38 bits per heavy atom. The van der Waals surface area contributed by atoms with E-state index in [4.69, 9.17) is 10.1 Å². The number of carbonyl (C=O) groups is 1. The van der Waals surface area contributed by atoms with Crippen LogP contribution in [0.4, 0.5) is 5.69 Å². The number of anilines is 1. The molecule has 0 radical (unpaired) electrons. The van der Waals surface area contributed by atoms with E-state index in [2.05, 4.69) is 21.9 Å². The number of carbonyl (C=O) groups excluding carboxylic acids is 1. The van der Waals surface area contributed by atoms with E-state index in [9.17, 15) is 4.79 Å². The van der Waals surface area contributed by atoms with E-state index < -0.39 is 5.54 Å². The van der Waals surface area contributed by atoms with E-state index in [1.54, 1.807) is 0 Å². The highest BCUT2D eigenvalue weighted by molar-refractivity contribution is 6.07. The van der Waals surface area contributed by atoms with Crippen LogP contribution in [0, 0.1) is 5.41 Å². The monoisotopic (exact) mass is 285 g/mol. The molecule has 5 heteroatoms. The van der Waals surface area contributed by atoms with Crippen LogP contribution in [0.1, 0.15) is 31.7 Å². The molecule has 0 spiro atoms. The largest absolute Gasteiger partial charge is 0.468 e. The van der Waals surface area contributed by atoms with Crippen molar-refractivity contribution in [3.8, 4) is 0 Å². The van der Waals surface area contributed by atoms with Crippen LogP contribution >= 0.6 is 0 Å². The van der Waals surface area contributed by atoms with Gasteiger partial charge in [-0.3, -0.25) is 15.1 Å². The van der Waals surface area contributed by atoms with Crippen molar-refractivity contribution in [3.05, 3.63) is 29.8 Å². The highest BCUT2D eigenvalue weighted by atomic mass is 16.5. The molecule has 0 unspecified atom stereocenters. The van der Waals surface area contributed by atoms with Crippen molar-refractivity contribution in [2.45, 2.75) is 43.9 Å². The number of para-hydroxylation sites is 1. The summed E-state index contributed by atoms with van der Waals surface area (Å²) in [6, 6.07) is 7.98. The van der Waals surface area contributed by atoms with Gasteiger partial charge in [-0.2, -0.15) is 0 Å². The van der Waals surface area contributed by atoms with Gasteiger partial charge in [0.15, 0.2) is 0 Å². The molecule has 2 saturated heterocycles. The third-order valence-electron chi connectivity index (χ3n) is 5.26. The van der Waals surface area contributed by atoms with Crippen molar-refractivity contribution < 1.29 is 9.53 Å². The number of amidine groups is 1. The summed E-state index contributed by atoms with van der Waals surface area (Å²) in [5.41, 5.74) is 1.92. The summed E-state index contributed by atoms with van der Waals surface area (Å²) < 4.78 is 5.00. The zero-order valence-electron chi connectivity index (χ0n) is 12.5. The molecule has 5 nitrogen and oxygen atoms in total. The number of hydrogen-bond donors (Lipinski definition) is 1. The van der Waals surface area contributed by atoms with Gasteiger partial charge in [0.05, 0.1) is 18.8 Å². The number of benzene rings is 1. The zero-order valence-corrected chi connectivity index (χ0v) is 12.5. The van der Waals surface area contributed by atoms with Crippen LogP contribution in [0.5, 0.6) is 0 Å². The number of esters is 1. The topological polar surface area (TPSA) is 56.6 Å². The average molecular weight is 285 g/mol. The molecule has 3 aliphatic heterocycles. The smallest absolute Gasteiger partial charge is 0.323 e.